The molecule has 2 N–H and O–H groups in total. The summed E-state index contributed by atoms with van der Waals surface area (Å²) in [6, 6.07) is 7.13. The maximum atomic E-state index is 13.3. The predicted octanol–water partition coefficient (Wildman–Crippen LogP) is 1.79. The molecule has 0 saturated heterocycles. The van der Waals surface area contributed by atoms with Gasteiger partial charge in [0.1, 0.15) is 11.6 Å². The van der Waals surface area contributed by atoms with Crippen LogP contribution in [0.15, 0.2) is 29.1 Å². The molecule has 1 heterocycles. The lowest BCUT2D eigenvalue weighted by molar-refractivity contribution is 0.108. The molecule has 3 rings (SSSR count). The highest BCUT2D eigenvalue weighted by Crippen LogP contribution is 2.27. The molecule has 0 radical (unpaired) electrons. The monoisotopic (exact) mass is 276 g/mol. The molecule has 1 aromatic carbocycles. The van der Waals surface area contributed by atoms with Crippen molar-refractivity contribution in [2.24, 2.45) is 0 Å². The van der Waals surface area contributed by atoms with Gasteiger partial charge < -0.3 is 0 Å². The normalized spacial score (nSPS) is 15.5. The van der Waals surface area contributed by atoms with Crippen LogP contribution < -0.4 is 5.69 Å². The molecule has 0 aliphatic heterocycles. The zero-order valence-electron chi connectivity index (χ0n) is 11.1. The fourth-order valence-corrected chi connectivity index (χ4v) is 2.51. The van der Waals surface area contributed by atoms with E-state index in [1.807, 2.05) is 6.07 Å². The minimum Gasteiger partial charge on any atom is -0.292 e. The summed E-state index contributed by atoms with van der Waals surface area (Å²) in [4.78, 5) is 16.0. The van der Waals surface area contributed by atoms with Crippen LogP contribution in [0.25, 0.3) is 0 Å². The van der Waals surface area contributed by atoms with Gasteiger partial charge in [-0.25, -0.2) is 14.3 Å². The number of nitrogens with one attached hydrogen (secondary N) is 2. The Morgan fingerprint density at radius 2 is 2.20 bits per heavy atom. The molecule has 1 aromatic heterocycles. The molecule has 2 aromatic rings. The molecule has 6 heteroatoms. The van der Waals surface area contributed by atoms with Gasteiger partial charge in [-0.15, -0.1) is 0 Å². The quantitative estimate of drug-likeness (QED) is 0.875. The lowest BCUT2D eigenvalue weighted by atomic mass is 9.91. The first-order chi connectivity index (χ1) is 9.70. The van der Waals surface area contributed by atoms with Crippen molar-refractivity contribution >= 4 is 0 Å². The zero-order valence-corrected chi connectivity index (χ0v) is 11.1. The predicted molar refractivity (Wildman–Crippen MR) is 72.5 cm³/mol. The Kier molecular flexibility index (Phi) is 3.64. The van der Waals surface area contributed by atoms with Crippen molar-refractivity contribution in [2.75, 3.05) is 0 Å². The van der Waals surface area contributed by atoms with E-state index in [1.165, 1.54) is 12.5 Å². The van der Waals surface area contributed by atoms with Gasteiger partial charge in [0.05, 0.1) is 6.54 Å². The lowest BCUT2D eigenvalue weighted by Gasteiger charge is -2.37. The van der Waals surface area contributed by atoms with Gasteiger partial charge in [-0.3, -0.25) is 9.88 Å². The molecular formula is C14H17FN4O. The smallest absolute Gasteiger partial charge is 0.292 e. The minimum absolute atomic E-state index is 0.218. The third-order valence-corrected chi connectivity index (χ3v) is 3.77. The van der Waals surface area contributed by atoms with Crippen LogP contribution in [0.5, 0.6) is 0 Å². The first-order valence-corrected chi connectivity index (χ1v) is 6.83. The van der Waals surface area contributed by atoms with Crippen LogP contribution in [0.2, 0.25) is 0 Å². The van der Waals surface area contributed by atoms with Crippen molar-refractivity contribution < 1.29 is 4.39 Å². The first-order valence-electron chi connectivity index (χ1n) is 6.83. The number of hydrogen-bond donors (Lipinski definition) is 2. The number of aromatic nitrogens is 3. The largest absolute Gasteiger partial charge is 0.340 e. The summed E-state index contributed by atoms with van der Waals surface area (Å²) >= 11 is 0. The summed E-state index contributed by atoms with van der Waals surface area (Å²) in [5.41, 5.74) is 0.647. The molecule has 106 valence electrons. The SMILES string of the molecule is O=c1[nH]nc(CN(Cc2cccc(F)c2)C2CCC2)[nH]1. The maximum Gasteiger partial charge on any atom is 0.340 e. The molecule has 1 saturated carbocycles. The first kappa shape index (κ1) is 13.1. The summed E-state index contributed by atoms with van der Waals surface area (Å²) in [5, 5.41) is 6.32. The third-order valence-electron chi connectivity index (χ3n) is 3.77. The van der Waals surface area contributed by atoms with Crippen LogP contribution in [0.1, 0.15) is 30.7 Å². The molecule has 0 spiro atoms. The molecular weight excluding hydrogens is 259 g/mol. The van der Waals surface area contributed by atoms with Crippen LogP contribution in [-0.2, 0) is 13.1 Å². The Labute approximate surface area is 115 Å². The number of rotatable bonds is 5. The summed E-state index contributed by atoms with van der Waals surface area (Å²) < 4.78 is 13.3. The van der Waals surface area contributed by atoms with Crippen LogP contribution in [0.4, 0.5) is 4.39 Å². The van der Waals surface area contributed by atoms with Crippen LogP contribution in [0, 0.1) is 5.82 Å². The Morgan fingerprint density at radius 3 is 2.80 bits per heavy atom. The van der Waals surface area contributed by atoms with Crippen molar-refractivity contribution in [3.8, 4) is 0 Å². The van der Waals surface area contributed by atoms with E-state index in [1.54, 1.807) is 12.1 Å². The Hall–Kier alpha value is -1.95. The fraction of sp³-hybridized carbons (Fsp3) is 0.429. The van der Waals surface area contributed by atoms with Crippen molar-refractivity contribution in [1.82, 2.24) is 20.1 Å². The lowest BCUT2D eigenvalue weighted by Crippen LogP contribution is -2.39. The van der Waals surface area contributed by atoms with Crippen molar-refractivity contribution in [3.05, 3.63) is 52.0 Å². The third kappa shape index (κ3) is 2.96. The maximum absolute atomic E-state index is 13.3. The second kappa shape index (κ2) is 5.58. The molecule has 1 aliphatic rings. The van der Waals surface area contributed by atoms with Crippen molar-refractivity contribution in [2.45, 2.75) is 38.4 Å². The van der Waals surface area contributed by atoms with E-state index in [4.69, 9.17) is 0 Å². The number of benzene rings is 1. The zero-order chi connectivity index (χ0) is 13.9. The van der Waals surface area contributed by atoms with E-state index in [-0.39, 0.29) is 11.5 Å². The topological polar surface area (TPSA) is 64.8 Å². The molecule has 0 unspecified atom stereocenters. The van der Waals surface area contributed by atoms with Crippen LogP contribution in [-0.4, -0.2) is 26.1 Å². The van der Waals surface area contributed by atoms with Crippen molar-refractivity contribution in [1.29, 1.82) is 0 Å². The van der Waals surface area contributed by atoms with Gasteiger partial charge in [0.15, 0.2) is 0 Å². The molecule has 1 fully saturated rings. The molecule has 1 aliphatic carbocycles. The fourth-order valence-electron chi connectivity index (χ4n) is 2.51. The Bertz CT molecular complexity index is 632. The number of aromatic amines is 2. The van der Waals surface area contributed by atoms with Gasteiger partial charge in [-0.1, -0.05) is 18.6 Å². The summed E-state index contributed by atoms with van der Waals surface area (Å²) in [6.07, 6.45) is 3.51. The number of hydrogen-bond acceptors (Lipinski definition) is 3. The van der Waals surface area contributed by atoms with Gasteiger partial charge in [0, 0.05) is 12.6 Å². The Morgan fingerprint density at radius 1 is 1.35 bits per heavy atom. The standard InChI is InChI=1S/C14H17FN4O/c15-11-4-1-3-10(7-11)8-19(12-5-2-6-12)9-13-16-14(20)18-17-13/h1,3-4,7,12H,2,5-6,8-9H2,(H2,16,17,18,20). The van der Waals surface area contributed by atoms with Gasteiger partial charge in [-0.2, -0.15) is 5.10 Å². The highest BCUT2D eigenvalue weighted by atomic mass is 19.1. The van der Waals surface area contributed by atoms with E-state index < -0.39 is 0 Å². The van der Waals surface area contributed by atoms with E-state index in [9.17, 15) is 9.18 Å². The number of H-pyrrole nitrogens is 2. The highest BCUT2D eigenvalue weighted by Gasteiger charge is 2.25. The second-order valence-electron chi connectivity index (χ2n) is 5.24. The minimum atomic E-state index is -0.292. The average Bonchev–Trinajstić information content (AvgIpc) is 2.72. The van der Waals surface area contributed by atoms with E-state index >= 15 is 0 Å². The molecule has 5 nitrogen and oxygen atoms in total. The highest BCUT2D eigenvalue weighted by molar-refractivity contribution is 5.16. The van der Waals surface area contributed by atoms with E-state index in [2.05, 4.69) is 20.1 Å². The summed E-state index contributed by atoms with van der Waals surface area (Å²) in [5.74, 6) is 0.405. The molecule has 0 bridgehead atoms. The Balaban J connectivity index is 1.74. The number of nitrogens with zero attached hydrogens (tertiary/aromatic N) is 2. The van der Waals surface area contributed by atoms with Gasteiger partial charge in [-0.05, 0) is 30.5 Å². The van der Waals surface area contributed by atoms with Gasteiger partial charge in [0.25, 0.3) is 0 Å². The van der Waals surface area contributed by atoms with E-state index in [0.29, 0.717) is 25.0 Å². The van der Waals surface area contributed by atoms with E-state index in [0.717, 1.165) is 18.4 Å². The molecule has 0 atom stereocenters. The van der Waals surface area contributed by atoms with Crippen molar-refractivity contribution in [3.63, 3.8) is 0 Å². The van der Waals surface area contributed by atoms with Gasteiger partial charge in [0.2, 0.25) is 0 Å². The molecule has 20 heavy (non-hydrogen) atoms. The summed E-state index contributed by atoms with van der Waals surface area (Å²) in [6.45, 7) is 1.23. The van der Waals surface area contributed by atoms with Gasteiger partial charge >= 0.3 is 5.69 Å². The average molecular weight is 276 g/mol. The van der Waals surface area contributed by atoms with Crippen LogP contribution in [0.3, 0.4) is 0 Å². The number of halogens is 1. The van der Waals surface area contributed by atoms with Crippen LogP contribution >= 0.6 is 0 Å². The molecule has 0 amide bonds. The second-order valence-corrected chi connectivity index (χ2v) is 5.24. The summed E-state index contributed by atoms with van der Waals surface area (Å²) in [7, 11) is 0.